The average Bonchev–Trinajstić information content (AvgIpc) is 3.19. The Labute approximate surface area is 224 Å². The third-order valence-corrected chi connectivity index (χ3v) is 7.20. The van der Waals surface area contributed by atoms with Crippen LogP contribution in [0.25, 0.3) is 22.2 Å². The van der Waals surface area contributed by atoms with Crippen molar-refractivity contribution in [2.75, 3.05) is 38.2 Å². The van der Waals surface area contributed by atoms with Crippen LogP contribution in [0.5, 0.6) is 5.75 Å². The fraction of sp³-hybridized carbons (Fsp3) is 0.480. The molecule has 0 N–H and O–H groups in total. The van der Waals surface area contributed by atoms with Crippen LogP contribution in [-0.2, 0) is 4.74 Å². The van der Waals surface area contributed by atoms with E-state index in [4.69, 9.17) is 14.5 Å². The molecule has 0 unspecified atom stereocenters. The summed E-state index contributed by atoms with van der Waals surface area (Å²) in [5.41, 5.74) is 3.58. The van der Waals surface area contributed by atoms with Crippen molar-refractivity contribution in [3.63, 3.8) is 0 Å². The van der Waals surface area contributed by atoms with Crippen LogP contribution in [-0.4, -0.2) is 63.8 Å². The molecule has 0 radical (unpaired) electrons. The van der Waals surface area contributed by atoms with Crippen LogP contribution in [0.4, 0.5) is 10.6 Å². The van der Waals surface area contributed by atoms with Crippen LogP contribution in [0.1, 0.15) is 40.2 Å². The van der Waals surface area contributed by atoms with Crippen molar-refractivity contribution >= 4 is 53.3 Å². The maximum atomic E-state index is 12.4. The SMILES string of the molecule is CC.COc1cc(-c2cnc3c(c2)c(C)cn3SI)cnc1N1CCN(C(=O)OC(C)(C)C)CC1. The van der Waals surface area contributed by atoms with Gasteiger partial charge in [0.25, 0.3) is 0 Å². The number of amides is 1. The number of methoxy groups -OCH3 is 1. The topological polar surface area (TPSA) is 72.7 Å². The van der Waals surface area contributed by atoms with Crippen molar-refractivity contribution in [3.8, 4) is 16.9 Å². The van der Waals surface area contributed by atoms with Gasteiger partial charge in [-0.2, -0.15) is 0 Å². The highest BCUT2D eigenvalue weighted by Crippen LogP contribution is 2.34. The lowest BCUT2D eigenvalue weighted by Gasteiger charge is -2.36. The van der Waals surface area contributed by atoms with E-state index in [-0.39, 0.29) is 6.09 Å². The molecule has 1 aliphatic heterocycles. The Morgan fingerprint density at radius 1 is 1.06 bits per heavy atom. The van der Waals surface area contributed by atoms with Crippen LogP contribution < -0.4 is 9.64 Å². The summed E-state index contributed by atoms with van der Waals surface area (Å²) in [6.45, 7) is 14.2. The number of carbonyl (C=O) groups is 1. The molecule has 4 heterocycles. The maximum absolute atomic E-state index is 12.4. The van der Waals surface area contributed by atoms with Gasteiger partial charge in [0.05, 0.1) is 7.11 Å². The van der Waals surface area contributed by atoms with Crippen LogP contribution in [0.3, 0.4) is 0 Å². The van der Waals surface area contributed by atoms with Crippen LogP contribution in [0.15, 0.2) is 30.7 Å². The highest BCUT2D eigenvalue weighted by Gasteiger charge is 2.27. The number of pyridine rings is 2. The van der Waals surface area contributed by atoms with Gasteiger partial charge in [-0.05, 0) is 45.4 Å². The van der Waals surface area contributed by atoms with E-state index in [0.717, 1.165) is 28.0 Å². The fourth-order valence-electron chi connectivity index (χ4n) is 3.85. The number of nitrogens with zero attached hydrogens (tertiary/aromatic N) is 5. The van der Waals surface area contributed by atoms with E-state index in [1.807, 2.05) is 53.1 Å². The molecule has 1 amide bonds. The number of fused-ring (bicyclic) bond motifs is 1. The monoisotopic (exact) mass is 611 g/mol. The predicted octanol–water partition coefficient (Wildman–Crippen LogP) is 6.34. The molecule has 190 valence electrons. The smallest absolute Gasteiger partial charge is 0.410 e. The summed E-state index contributed by atoms with van der Waals surface area (Å²) in [6.07, 6.45) is 5.56. The molecule has 8 nitrogen and oxygen atoms in total. The van der Waals surface area contributed by atoms with E-state index in [0.29, 0.717) is 31.9 Å². The second-order valence-corrected chi connectivity index (χ2v) is 10.7. The second kappa shape index (κ2) is 11.7. The quantitative estimate of drug-likeness (QED) is 0.319. The molecule has 0 saturated carbocycles. The molecule has 0 spiro atoms. The minimum Gasteiger partial charge on any atom is -0.493 e. The van der Waals surface area contributed by atoms with Crippen LogP contribution in [0.2, 0.25) is 0 Å². The summed E-state index contributed by atoms with van der Waals surface area (Å²) in [7, 11) is 3.26. The zero-order valence-electron chi connectivity index (χ0n) is 21.5. The molecule has 10 heteroatoms. The van der Waals surface area contributed by atoms with E-state index in [1.165, 1.54) is 5.56 Å². The first kappa shape index (κ1) is 27.4. The number of aryl methyl sites for hydroxylation is 1. The number of ether oxygens (including phenoxy) is 2. The van der Waals surface area contributed by atoms with Gasteiger partial charge in [0.15, 0.2) is 17.2 Å². The summed E-state index contributed by atoms with van der Waals surface area (Å²) in [5, 5.41) is 1.12. The van der Waals surface area contributed by atoms with Gasteiger partial charge < -0.3 is 19.3 Å². The van der Waals surface area contributed by atoms with Gasteiger partial charge >= 0.3 is 6.09 Å². The molecule has 3 aromatic rings. The molecule has 1 fully saturated rings. The van der Waals surface area contributed by atoms with Gasteiger partial charge in [0.2, 0.25) is 0 Å². The molecule has 0 aromatic carbocycles. The molecule has 1 aliphatic rings. The summed E-state index contributed by atoms with van der Waals surface area (Å²) >= 11 is 2.26. The molecule has 0 atom stereocenters. The summed E-state index contributed by atoms with van der Waals surface area (Å²) in [4.78, 5) is 25.6. The number of rotatable bonds is 4. The summed E-state index contributed by atoms with van der Waals surface area (Å²) < 4.78 is 13.3. The first-order valence-corrected chi connectivity index (χ1v) is 15.1. The Bertz CT molecular complexity index is 1170. The second-order valence-electron chi connectivity index (χ2n) is 9.01. The summed E-state index contributed by atoms with van der Waals surface area (Å²) in [6, 6.07) is 4.15. The number of halogens is 1. The number of carbonyl (C=O) groups excluding carboxylic acids is 1. The molecule has 0 bridgehead atoms. The van der Waals surface area contributed by atoms with Crippen molar-refractivity contribution in [1.82, 2.24) is 18.8 Å². The third kappa shape index (κ3) is 6.32. The van der Waals surface area contributed by atoms with Crippen molar-refractivity contribution < 1.29 is 14.3 Å². The van der Waals surface area contributed by atoms with Crippen LogP contribution in [0, 0.1) is 6.92 Å². The van der Waals surface area contributed by atoms with Crippen LogP contribution >= 0.6 is 30.3 Å². The molecular weight excluding hydrogens is 577 g/mol. The molecule has 3 aromatic heterocycles. The van der Waals surface area contributed by atoms with E-state index in [9.17, 15) is 4.79 Å². The summed E-state index contributed by atoms with van der Waals surface area (Å²) in [5.74, 6) is 1.48. The average molecular weight is 612 g/mol. The highest BCUT2D eigenvalue weighted by molar-refractivity contribution is 14.2. The number of anilines is 1. The lowest BCUT2D eigenvalue weighted by atomic mass is 10.1. The van der Waals surface area contributed by atoms with Gasteiger partial charge in [-0.3, -0.25) is 3.97 Å². The lowest BCUT2D eigenvalue weighted by molar-refractivity contribution is 0.0240. The van der Waals surface area contributed by atoms with Crippen molar-refractivity contribution in [1.29, 1.82) is 0 Å². The molecular formula is C25H34IN5O3S. The van der Waals surface area contributed by atoms with E-state index in [1.54, 1.807) is 21.1 Å². The molecule has 35 heavy (non-hydrogen) atoms. The standard InChI is InChI=1S/C23H28IN5O3S.C2H6/c1-15-14-29(33-24)20-18(15)10-16(12-25-20)17-11-19(31-5)21(26-13-17)27-6-8-28(9-7-27)22(30)32-23(2,3)4;1-2/h10-14H,6-9H2,1-5H3;1-2H3. The Balaban J connectivity index is 0.00000167. The molecule has 1 saturated heterocycles. The largest absolute Gasteiger partial charge is 0.493 e. The normalized spacial score (nSPS) is 13.9. The Morgan fingerprint density at radius 2 is 1.69 bits per heavy atom. The van der Waals surface area contributed by atoms with Crippen molar-refractivity contribution in [2.45, 2.75) is 47.1 Å². The van der Waals surface area contributed by atoms with Crippen molar-refractivity contribution in [2.24, 2.45) is 0 Å². The minimum atomic E-state index is -0.497. The Morgan fingerprint density at radius 3 is 2.29 bits per heavy atom. The Kier molecular flexibility index (Phi) is 9.14. The first-order chi connectivity index (χ1) is 16.7. The minimum absolute atomic E-state index is 0.273. The maximum Gasteiger partial charge on any atom is 0.410 e. The number of piperazine rings is 1. The Hall–Kier alpha value is -2.21. The number of aromatic nitrogens is 3. The van der Waals surface area contributed by atoms with Gasteiger partial charge in [0, 0.05) is 91.6 Å². The zero-order valence-corrected chi connectivity index (χ0v) is 24.4. The first-order valence-electron chi connectivity index (χ1n) is 11.7. The predicted molar refractivity (Wildman–Crippen MR) is 153 cm³/mol. The lowest BCUT2D eigenvalue weighted by Crippen LogP contribution is -2.50. The number of hydrogen-bond donors (Lipinski definition) is 0. The van der Waals surface area contributed by atoms with Gasteiger partial charge in [-0.25, -0.2) is 14.8 Å². The zero-order chi connectivity index (χ0) is 25.8. The van der Waals surface area contributed by atoms with Gasteiger partial charge in [-0.1, -0.05) is 13.8 Å². The van der Waals surface area contributed by atoms with E-state index >= 15 is 0 Å². The van der Waals surface area contributed by atoms with E-state index in [2.05, 4.69) is 54.2 Å². The molecule has 0 aliphatic carbocycles. The van der Waals surface area contributed by atoms with Crippen molar-refractivity contribution in [3.05, 3.63) is 36.3 Å². The number of hydrogen-bond acceptors (Lipinski definition) is 7. The van der Waals surface area contributed by atoms with Gasteiger partial charge in [-0.15, -0.1) is 0 Å². The molecule has 4 rings (SSSR count). The third-order valence-electron chi connectivity index (χ3n) is 5.50. The highest BCUT2D eigenvalue weighted by atomic mass is 127. The van der Waals surface area contributed by atoms with Gasteiger partial charge in [0.1, 0.15) is 5.60 Å². The van der Waals surface area contributed by atoms with E-state index < -0.39 is 5.60 Å². The fourth-order valence-corrected chi connectivity index (χ4v) is 5.16.